The maximum absolute atomic E-state index is 11.4. The molecule has 0 heterocycles. The summed E-state index contributed by atoms with van der Waals surface area (Å²) in [6.45, 7) is 5.94. The van der Waals surface area contributed by atoms with Gasteiger partial charge in [0.1, 0.15) is 12.3 Å². The fourth-order valence-electron chi connectivity index (χ4n) is 3.44. The van der Waals surface area contributed by atoms with Gasteiger partial charge in [-0.05, 0) is 6.07 Å². The Bertz CT molecular complexity index is 1110. The van der Waals surface area contributed by atoms with Crippen LogP contribution in [0.4, 0.5) is 17.1 Å². The van der Waals surface area contributed by atoms with Gasteiger partial charge in [-0.2, -0.15) is 0 Å². The molecule has 278 valence electrons. The van der Waals surface area contributed by atoms with E-state index >= 15 is 0 Å². The van der Waals surface area contributed by atoms with Gasteiger partial charge in [0, 0.05) is 19.0 Å². The van der Waals surface area contributed by atoms with E-state index in [9.17, 15) is 34.6 Å². The predicted octanol–water partition coefficient (Wildman–Crippen LogP) is 1.02. The van der Waals surface area contributed by atoms with Crippen LogP contribution in [0, 0.1) is 20.2 Å². The van der Waals surface area contributed by atoms with Gasteiger partial charge in [-0.15, -0.1) is 0 Å². The molecule has 0 saturated carbocycles. The highest BCUT2D eigenvalue weighted by molar-refractivity contribution is 6.32. The summed E-state index contributed by atoms with van der Waals surface area (Å²) in [4.78, 5) is 53.2. The largest absolute Gasteiger partial charge is 0.476 e. The molecule has 0 atom stereocenters. The van der Waals surface area contributed by atoms with E-state index in [2.05, 4.69) is 5.32 Å². The van der Waals surface area contributed by atoms with Crippen LogP contribution in [0.1, 0.15) is 12.8 Å². The van der Waals surface area contributed by atoms with Gasteiger partial charge in [0.15, 0.2) is 0 Å². The molecule has 0 fully saturated rings. The number of nitrogens with one attached hydrogen (secondary N) is 1. The summed E-state index contributed by atoms with van der Waals surface area (Å²) in [5.74, 6) is -3.28. The lowest BCUT2D eigenvalue weighted by atomic mass is 10.2. The topological polar surface area (TPSA) is 253 Å². The lowest BCUT2D eigenvalue weighted by molar-refractivity contribution is -0.393. The van der Waals surface area contributed by atoms with Crippen molar-refractivity contribution in [2.75, 3.05) is 124 Å². The lowest BCUT2D eigenvalue weighted by Gasteiger charge is -2.09. The van der Waals surface area contributed by atoms with Gasteiger partial charge in [-0.3, -0.25) is 29.8 Å². The fourth-order valence-corrected chi connectivity index (χ4v) is 3.44. The third kappa shape index (κ3) is 24.0. The molecular formula is C29H45N3O17. The summed E-state index contributed by atoms with van der Waals surface area (Å²) in [5, 5.41) is 33.2. The molecule has 0 amide bonds. The Labute approximate surface area is 282 Å². The summed E-state index contributed by atoms with van der Waals surface area (Å²) >= 11 is 0. The molecule has 1 aromatic rings. The van der Waals surface area contributed by atoms with Crippen LogP contribution < -0.4 is 5.32 Å². The van der Waals surface area contributed by atoms with Crippen molar-refractivity contribution in [3.63, 3.8) is 0 Å². The number of aliphatic carboxylic acids is 1. The molecular weight excluding hydrogens is 662 g/mol. The monoisotopic (exact) mass is 707 g/mol. The average Bonchev–Trinajstić information content (AvgIpc) is 3.08. The summed E-state index contributed by atoms with van der Waals surface area (Å²) < 4.78 is 47.8. The number of ketones is 1. The number of hydrogen-bond acceptors (Lipinski definition) is 17. The van der Waals surface area contributed by atoms with Crippen LogP contribution in [-0.4, -0.2) is 152 Å². The van der Waals surface area contributed by atoms with E-state index in [1.165, 1.54) is 12.1 Å². The normalized spacial score (nSPS) is 10.9. The van der Waals surface area contributed by atoms with E-state index in [4.69, 9.17) is 47.7 Å². The number of ether oxygens (including phenoxy) is 9. The number of Topliss-reactive ketones (excluding diaryl/α,β-unsaturated/α-hetero) is 1. The molecule has 0 saturated heterocycles. The summed E-state index contributed by atoms with van der Waals surface area (Å²) in [5.41, 5.74) is -0.566. The number of nitro groups is 2. The number of nitrogens with zero attached hydrogens (tertiary/aromatic N) is 2. The molecule has 0 aromatic heterocycles. The molecule has 20 nitrogen and oxygen atoms in total. The van der Waals surface area contributed by atoms with Gasteiger partial charge in [-0.1, -0.05) is 0 Å². The number of nitro benzene ring substituents is 2. The minimum Gasteiger partial charge on any atom is -0.476 e. The van der Waals surface area contributed by atoms with Crippen molar-refractivity contribution in [1.29, 1.82) is 0 Å². The average molecular weight is 708 g/mol. The Morgan fingerprint density at radius 2 is 1.00 bits per heavy atom. The molecule has 0 radical (unpaired) electrons. The molecule has 49 heavy (non-hydrogen) atoms. The molecule has 20 heteroatoms. The Kier molecular flexibility index (Phi) is 25.6. The second-order valence-electron chi connectivity index (χ2n) is 9.49. The summed E-state index contributed by atoms with van der Waals surface area (Å²) in [6.07, 6.45) is -0.690. The van der Waals surface area contributed by atoms with Crippen molar-refractivity contribution < 1.29 is 72.0 Å². The first-order chi connectivity index (χ1) is 23.7. The maximum atomic E-state index is 11.4. The molecule has 2 N–H and O–H groups in total. The number of hydrogen-bond donors (Lipinski definition) is 2. The number of rotatable bonds is 34. The van der Waals surface area contributed by atoms with Crippen molar-refractivity contribution in [2.45, 2.75) is 12.8 Å². The molecule has 1 rings (SSSR count). The molecule has 0 spiro atoms. The lowest BCUT2D eigenvalue weighted by Crippen LogP contribution is -2.17. The number of esters is 1. The quantitative estimate of drug-likeness (QED) is 0.0333. The van der Waals surface area contributed by atoms with Crippen molar-refractivity contribution in [3.05, 3.63) is 38.4 Å². The van der Waals surface area contributed by atoms with Crippen molar-refractivity contribution in [2.24, 2.45) is 0 Å². The van der Waals surface area contributed by atoms with Gasteiger partial charge in [0.05, 0.1) is 128 Å². The molecule has 0 aliphatic rings. The second kappa shape index (κ2) is 29.1. The second-order valence-corrected chi connectivity index (χ2v) is 9.49. The summed E-state index contributed by atoms with van der Waals surface area (Å²) in [6, 6.07) is 3.39. The molecule has 0 bridgehead atoms. The number of carboxylic acids is 1. The van der Waals surface area contributed by atoms with Gasteiger partial charge in [-0.25, -0.2) is 4.79 Å². The van der Waals surface area contributed by atoms with Gasteiger partial charge >= 0.3 is 11.9 Å². The number of non-ortho nitro benzene ring substituents is 1. The Hall–Kier alpha value is -3.89. The maximum Gasteiger partial charge on any atom is 0.372 e. The van der Waals surface area contributed by atoms with Crippen LogP contribution in [0.5, 0.6) is 0 Å². The first kappa shape index (κ1) is 43.1. The minimum absolute atomic E-state index is 0.00447. The number of anilines is 1. The third-order valence-corrected chi connectivity index (χ3v) is 5.84. The van der Waals surface area contributed by atoms with Crippen LogP contribution in [0.15, 0.2) is 18.2 Å². The van der Waals surface area contributed by atoms with E-state index < -0.39 is 34.0 Å². The highest BCUT2D eigenvalue weighted by Gasteiger charge is 2.19. The zero-order chi connectivity index (χ0) is 36.0. The van der Waals surface area contributed by atoms with Crippen LogP contribution >= 0.6 is 0 Å². The first-order valence-electron chi connectivity index (χ1n) is 15.4. The van der Waals surface area contributed by atoms with E-state index in [-0.39, 0.29) is 49.8 Å². The van der Waals surface area contributed by atoms with E-state index in [0.717, 1.165) is 6.07 Å². The number of carbonyl (C=O) groups excluding carboxylic acids is 2. The van der Waals surface area contributed by atoms with Crippen molar-refractivity contribution in [3.8, 4) is 0 Å². The molecule has 1 aromatic carbocycles. The fraction of sp³-hybridized carbons (Fsp3) is 0.690. The zero-order valence-electron chi connectivity index (χ0n) is 27.2. The van der Waals surface area contributed by atoms with Gasteiger partial charge < -0.3 is 53.1 Å². The van der Waals surface area contributed by atoms with Crippen molar-refractivity contribution >= 4 is 34.8 Å². The number of carbonyl (C=O) groups is 3. The SMILES string of the molecule is O=C(CCC(=O)C(=O)O)OCCOCCOCCOCCOCCOCCOCCOCCOCCNc1ccc([N+](=O)[O-])cc1[N+](=O)[O-]. The Balaban J connectivity index is 1.76. The van der Waals surface area contributed by atoms with E-state index in [1.54, 1.807) is 0 Å². The van der Waals surface area contributed by atoms with Crippen molar-refractivity contribution in [1.82, 2.24) is 0 Å². The van der Waals surface area contributed by atoms with Crippen LogP contribution in [0.2, 0.25) is 0 Å². The highest BCUT2D eigenvalue weighted by Crippen LogP contribution is 2.28. The Morgan fingerprint density at radius 1 is 0.592 bits per heavy atom. The Morgan fingerprint density at radius 3 is 1.39 bits per heavy atom. The van der Waals surface area contributed by atoms with E-state index in [0.29, 0.717) is 92.5 Å². The molecule has 0 aliphatic heterocycles. The predicted molar refractivity (Wildman–Crippen MR) is 168 cm³/mol. The van der Waals surface area contributed by atoms with Crippen LogP contribution in [0.3, 0.4) is 0 Å². The smallest absolute Gasteiger partial charge is 0.372 e. The summed E-state index contributed by atoms with van der Waals surface area (Å²) in [7, 11) is 0. The minimum atomic E-state index is -1.58. The number of carboxylic acid groups (broad SMARTS) is 1. The highest BCUT2D eigenvalue weighted by atomic mass is 16.6. The third-order valence-electron chi connectivity index (χ3n) is 5.84. The molecule has 0 aliphatic carbocycles. The molecule has 0 unspecified atom stereocenters. The zero-order valence-corrected chi connectivity index (χ0v) is 27.2. The van der Waals surface area contributed by atoms with Gasteiger partial charge in [0.2, 0.25) is 5.78 Å². The first-order valence-corrected chi connectivity index (χ1v) is 15.4. The standard InChI is InChI=1S/C29H45N3O17/c33-27(29(35)36)3-4-28(34)49-22-21-48-20-19-47-18-17-46-16-15-45-14-13-44-12-11-43-10-9-42-8-7-41-6-5-30-25-2-1-24(31(37)38)23-26(25)32(39)40/h1-2,23,30H,3-22H2,(H,35,36). The van der Waals surface area contributed by atoms with E-state index in [1.807, 2.05) is 0 Å². The van der Waals surface area contributed by atoms with Crippen LogP contribution in [-0.2, 0) is 57.0 Å². The van der Waals surface area contributed by atoms with Gasteiger partial charge in [0.25, 0.3) is 11.4 Å². The number of benzene rings is 1. The van der Waals surface area contributed by atoms with Crippen LogP contribution in [0.25, 0.3) is 0 Å².